The molecule has 14 aromatic carbocycles. The molecule has 0 N–H and O–H groups in total. The van der Waals surface area contributed by atoms with E-state index in [4.69, 9.17) is 0 Å². The molecular weight excluding hydrogens is 1210 g/mol. The van der Waals surface area contributed by atoms with Gasteiger partial charge in [0.1, 0.15) is 0 Å². The lowest BCUT2D eigenvalue weighted by Gasteiger charge is -2.11. The van der Waals surface area contributed by atoms with E-state index in [0.717, 1.165) is 83.4 Å². The lowest BCUT2D eigenvalue weighted by Crippen LogP contribution is -1.98. The van der Waals surface area contributed by atoms with Crippen LogP contribution in [0.5, 0.6) is 0 Å². The molecule has 0 radical (unpaired) electrons. The summed E-state index contributed by atoms with van der Waals surface area (Å²) in [5, 5.41) is 22.6. The summed E-state index contributed by atoms with van der Waals surface area (Å²) in [5.41, 5.74) is 15.6. The van der Waals surface area contributed by atoms with E-state index < -0.39 is 0 Å². The molecule has 0 spiro atoms. The van der Waals surface area contributed by atoms with Crippen molar-refractivity contribution < 1.29 is 0 Å². The van der Waals surface area contributed by atoms with Crippen molar-refractivity contribution in [3.8, 4) is 47.4 Å². The summed E-state index contributed by atoms with van der Waals surface area (Å²) < 4.78 is 7.62. The van der Waals surface area contributed by atoms with Gasteiger partial charge in [0, 0.05) is 130 Å². The maximum Gasteiger partial charge on any atom is 0.0492 e. The number of hydrogen-bond acceptors (Lipinski definition) is 0. The summed E-state index contributed by atoms with van der Waals surface area (Å²) in [6, 6.07) is 81.0. The number of aromatic nitrogens is 3. The molecule has 100 heavy (non-hydrogen) atoms. The SMILES string of the molecule is CCCCCCCn1c2ccc(C#Cc3ccc4c(c3)c3cc(C#Cc5ccc6ccc7cccc8ccc5c6c78)ccc3n4CCCCCCC)cc2c2cc(C#Cc3ccc4c(c3)c3cc(C#Cc5ccc6ccc7cccc8ccc5c6c78)ccc3n4CCCCCCC)ccc21. The average Bonchev–Trinajstić information content (AvgIpc) is 1.17. The molecule has 17 aromatic rings. The van der Waals surface area contributed by atoms with Crippen molar-refractivity contribution in [3.63, 3.8) is 0 Å². The van der Waals surface area contributed by atoms with Gasteiger partial charge in [-0.05, 0) is 205 Å². The van der Waals surface area contributed by atoms with Crippen LogP contribution >= 0.6 is 0 Å². The third-order valence-electron chi connectivity index (χ3n) is 21.5. The van der Waals surface area contributed by atoms with E-state index in [-0.39, 0.29) is 0 Å². The maximum atomic E-state index is 3.67. The van der Waals surface area contributed by atoms with E-state index in [2.05, 4.69) is 300 Å². The van der Waals surface area contributed by atoms with Crippen LogP contribution in [-0.2, 0) is 19.6 Å². The van der Waals surface area contributed by atoms with Crippen LogP contribution in [0.1, 0.15) is 162 Å². The summed E-state index contributed by atoms with van der Waals surface area (Å²) in [5.74, 6) is 29.2. The Labute approximate surface area is 587 Å². The largest absolute Gasteiger partial charge is 0.340 e. The van der Waals surface area contributed by atoms with E-state index in [0.29, 0.717) is 0 Å². The van der Waals surface area contributed by atoms with Crippen LogP contribution in [0.2, 0.25) is 0 Å². The molecule has 3 heterocycles. The second-order valence-electron chi connectivity index (χ2n) is 28.0. The standard InChI is InChI=1S/C97H81N3/c1-4-7-10-13-16-57-98-88-51-31-66(25-27-68-33-53-90-84(62-68)86-64-70(35-55-92(86)99(90)58-17-14-11-8-5-2)29-37-72-39-41-78-45-43-74-21-19-23-76-47-49-80(72)96(78)94(74)76)60-82(88)83-61-67(32-52-89(83)98)26-28-69-34-54-91-85(63-69)87-65-71(36-56-93(87)100(91)59-18-15-12-9-6-3)30-38-73-40-42-79-46-44-75-22-20-24-77-48-50-81(73)97(79)95(75)77/h19-24,31-36,39-56,60-65H,4-18,57-59H2,1-3H3. The summed E-state index contributed by atoms with van der Waals surface area (Å²) in [6.07, 6.45) is 18.5. The van der Waals surface area contributed by atoms with Crippen molar-refractivity contribution in [2.75, 3.05) is 0 Å². The Hall–Kier alpha value is -11.2. The number of hydrogen-bond donors (Lipinski definition) is 0. The first kappa shape index (κ1) is 62.3. The third kappa shape index (κ3) is 11.7. The van der Waals surface area contributed by atoms with Gasteiger partial charge in [-0.1, -0.05) is 242 Å². The lowest BCUT2D eigenvalue weighted by atomic mass is 9.92. The van der Waals surface area contributed by atoms with E-state index in [1.807, 2.05) is 0 Å². The maximum absolute atomic E-state index is 3.67. The minimum atomic E-state index is 0.971. The van der Waals surface area contributed by atoms with Gasteiger partial charge in [0.15, 0.2) is 0 Å². The van der Waals surface area contributed by atoms with Crippen molar-refractivity contribution in [1.82, 2.24) is 13.7 Å². The fraction of sp³-hybridized carbons (Fsp3) is 0.216. The average molecular weight is 1290 g/mol. The van der Waals surface area contributed by atoms with Crippen molar-refractivity contribution in [2.45, 2.75) is 137 Å². The Morgan fingerprint density at radius 2 is 0.450 bits per heavy atom. The lowest BCUT2D eigenvalue weighted by molar-refractivity contribution is 0.584. The van der Waals surface area contributed by atoms with Crippen LogP contribution in [0.4, 0.5) is 0 Å². The predicted molar refractivity (Wildman–Crippen MR) is 429 cm³/mol. The second kappa shape index (κ2) is 27.3. The topological polar surface area (TPSA) is 14.8 Å². The molecule has 3 aromatic heterocycles. The van der Waals surface area contributed by atoms with Gasteiger partial charge in [-0.3, -0.25) is 0 Å². The summed E-state index contributed by atoms with van der Waals surface area (Å²) in [4.78, 5) is 0. The van der Waals surface area contributed by atoms with Crippen molar-refractivity contribution in [1.29, 1.82) is 0 Å². The molecule has 0 aliphatic carbocycles. The molecule has 0 saturated carbocycles. The molecule has 484 valence electrons. The zero-order valence-electron chi connectivity index (χ0n) is 57.9. The number of aryl methyl sites for hydroxylation is 3. The van der Waals surface area contributed by atoms with E-state index in [1.54, 1.807) is 0 Å². The molecule has 0 aliphatic rings. The van der Waals surface area contributed by atoms with Gasteiger partial charge < -0.3 is 13.7 Å². The summed E-state index contributed by atoms with van der Waals surface area (Å²) >= 11 is 0. The normalized spacial score (nSPS) is 11.8. The van der Waals surface area contributed by atoms with Gasteiger partial charge in [-0.25, -0.2) is 0 Å². The molecule has 0 aliphatic heterocycles. The fourth-order valence-electron chi connectivity index (χ4n) is 16.4. The summed E-state index contributed by atoms with van der Waals surface area (Å²) in [7, 11) is 0. The molecule has 17 rings (SSSR count). The number of fused-ring (bicyclic) bond motifs is 9. The first-order valence-corrected chi connectivity index (χ1v) is 37.0. The summed E-state index contributed by atoms with van der Waals surface area (Å²) in [6.45, 7) is 9.80. The van der Waals surface area contributed by atoms with Crippen LogP contribution in [0.15, 0.2) is 218 Å². The Balaban J connectivity index is 0.704. The Morgan fingerprint density at radius 1 is 0.210 bits per heavy atom. The zero-order valence-corrected chi connectivity index (χ0v) is 57.9. The highest BCUT2D eigenvalue weighted by atomic mass is 15.0. The van der Waals surface area contributed by atoms with Gasteiger partial charge >= 0.3 is 0 Å². The van der Waals surface area contributed by atoms with Gasteiger partial charge in [-0.15, -0.1) is 0 Å². The number of rotatable bonds is 18. The molecule has 0 saturated heterocycles. The van der Waals surface area contributed by atoms with Crippen molar-refractivity contribution in [2.24, 2.45) is 0 Å². The number of nitrogens with zero attached hydrogens (tertiary/aromatic N) is 3. The van der Waals surface area contributed by atoms with Crippen LogP contribution in [0.25, 0.3) is 130 Å². The monoisotopic (exact) mass is 1290 g/mol. The van der Waals surface area contributed by atoms with Gasteiger partial charge in [0.05, 0.1) is 0 Å². The minimum absolute atomic E-state index is 0.971. The molecule has 0 atom stereocenters. The van der Waals surface area contributed by atoms with E-state index in [1.165, 1.54) is 207 Å². The van der Waals surface area contributed by atoms with Gasteiger partial charge in [0.25, 0.3) is 0 Å². The van der Waals surface area contributed by atoms with Crippen LogP contribution < -0.4 is 0 Å². The highest BCUT2D eigenvalue weighted by molar-refractivity contribution is 6.25. The van der Waals surface area contributed by atoms with Crippen molar-refractivity contribution in [3.05, 3.63) is 263 Å². The molecule has 0 unspecified atom stereocenters. The third-order valence-corrected chi connectivity index (χ3v) is 21.5. The smallest absolute Gasteiger partial charge is 0.0492 e. The molecule has 0 fully saturated rings. The second-order valence-corrected chi connectivity index (χ2v) is 28.0. The number of unbranched alkanes of at least 4 members (excludes halogenated alkanes) is 12. The Bertz CT molecular complexity index is 5900. The van der Waals surface area contributed by atoms with Gasteiger partial charge in [-0.2, -0.15) is 0 Å². The van der Waals surface area contributed by atoms with Crippen LogP contribution in [0, 0.1) is 47.4 Å². The molecular formula is C97H81N3. The fourth-order valence-corrected chi connectivity index (χ4v) is 16.4. The highest BCUT2D eigenvalue weighted by Crippen LogP contribution is 2.40. The first-order chi connectivity index (χ1) is 49.4. The Morgan fingerprint density at radius 3 is 0.730 bits per heavy atom. The number of benzene rings is 14. The molecule has 0 bridgehead atoms. The first-order valence-electron chi connectivity index (χ1n) is 37.0. The minimum Gasteiger partial charge on any atom is -0.340 e. The zero-order chi connectivity index (χ0) is 67.0. The van der Waals surface area contributed by atoms with E-state index >= 15 is 0 Å². The Kier molecular flexibility index (Phi) is 17.0. The molecule has 0 amide bonds. The van der Waals surface area contributed by atoms with Crippen LogP contribution in [-0.4, -0.2) is 13.7 Å². The molecule has 3 heteroatoms. The van der Waals surface area contributed by atoms with Crippen LogP contribution in [0.3, 0.4) is 0 Å². The predicted octanol–water partition coefficient (Wildman–Crippen LogP) is 25.3. The molecule has 3 nitrogen and oxygen atoms in total. The highest BCUT2D eigenvalue weighted by Gasteiger charge is 2.18. The van der Waals surface area contributed by atoms with Gasteiger partial charge in [0.2, 0.25) is 0 Å². The van der Waals surface area contributed by atoms with Crippen molar-refractivity contribution >= 4 is 130 Å². The van der Waals surface area contributed by atoms with E-state index in [9.17, 15) is 0 Å². The quantitative estimate of drug-likeness (QED) is 0.0462.